The van der Waals surface area contributed by atoms with Crippen molar-refractivity contribution in [2.45, 2.75) is 12.8 Å². The summed E-state index contributed by atoms with van der Waals surface area (Å²) in [6.45, 7) is 5.28. The van der Waals surface area contributed by atoms with Gasteiger partial charge >= 0.3 is 11.7 Å². The summed E-state index contributed by atoms with van der Waals surface area (Å²) in [6.07, 6.45) is 1.47. The molecular formula is C18H16BrN3O4. The zero-order valence-corrected chi connectivity index (χ0v) is 15.5. The van der Waals surface area contributed by atoms with Gasteiger partial charge in [-0.2, -0.15) is 0 Å². The quantitative estimate of drug-likeness (QED) is 0.523. The van der Waals surface area contributed by atoms with Crippen molar-refractivity contribution in [3.05, 3.63) is 84.6 Å². The molecule has 0 aliphatic carbocycles. The average molecular weight is 418 g/mol. The molecule has 8 heteroatoms. The van der Waals surface area contributed by atoms with Crippen LogP contribution in [-0.4, -0.2) is 22.5 Å². The van der Waals surface area contributed by atoms with E-state index < -0.39 is 23.1 Å². The van der Waals surface area contributed by atoms with Gasteiger partial charge in [0.15, 0.2) is 0 Å². The number of halogens is 1. The number of esters is 1. The van der Waals surface area contributed by atoms with Gasteiger partial charge in [0.1, 0.15) is 12.4 Å². The molecule has 2 heterocycles. The molecule has 1 aromatic heterocycles. The fourth-order valence-electron chi connectivity index (χ4n) is 2.96. The van der Waals surface area contributed by atoms with E-state index in [0.29, 0.717) is 11.3 Å². The highest BCUT2D eigenvalue weighted by Gasteiger charge is 2.35. The molecule has 3 rings (SSSR count). The third-order valence-corrected chi connectivity index (χ3v) is 4.56. The number of fused-ring (bicyclic) bond motifs is 1. The lowest BCUT2D eigenvalue weighted by Gasteiger charge is -2.28. The molecule has 0 saturated heterocycles. The van der Waals surface area contributed by atoms with E-state index in [1.165, 1.54) is 6.08 Å². The van der Waals surface area contributed by atoms with Gasteiger partial charge in [0.2, 0.25) is 0 Å². The van der Waals surface area contributed by atoms with Crippen LogP contribution in [0.2, 0.25) is 0 Å². The minimum Gasteiger partial charge on any atom is -0.458 e. The standard InChI is InChI=1S/C18H16BrN3O4/c1-3-8-26-17(24)12-9(2)20-15-14(16(23)22-18(25)21-15)13(12)10-4-6-11(19)7-5-10/h3-7,13H,1,8H2,2H3,(H3,20,21,22,23,25). The number of aromatic nitrogens is 2. The number of anilines is 1. The summed E-state index contributed by atoms with van der Waals surface area (Å²) < 4.78 is 6.07. The van der Waals surface area contributed by atoms with E-state index in [1.54, 1.807) is 6.92 Å². The van der Waals surface area contributed by atoms with Crippen LogP contribution in [0, 0.1) is 0 Å². The molecule has 0 bridgehead atoms. The van der Waals surface area contributed by atoms with Crippen LogP contribution >= 0.6 is 15.9 Å². The number of H-pyrrole nitrogens is 2. The summed E-state index contributed by atoms with van der Waals surface area (Å²) in [4.78, 5) is 41.6. The molecule has 0 spiro atoms. The summed E-state index contributed by atoms with van der Waals surface area (Å²) in [7, 11) is 0. The Kier molecular flexibility index (Phi) is 4.94. The Bertz CT molecular complexity index is 1020. The minimum atomic E-state index is -0.683. The van der Waals surface area contributed by atoms with E-state index in [2.05, 4.69) is 37.8 Å². The van der Waals surface area contributed by atoms with Crippen molar-refractivity contribution >= 4 is 27.7 Å². The van der Waals surface area contributed by atoms with Crippen molar-refractivity contribution in [2.75, 3.05) is 11.9 Å². The normalized spacial score (nSPS) is 15.8. The molecule has 134 valence electrons. The monoisotopic (exact) mass is 417 g/mol. The van der Waals surface area contributed by atoms with Crippen LogP contribution < -0.4 is 16.6 Å². The maximum Gasteiger partial charge on any atom is 0.337 e. The zero-order chi connectivity index (χ0) is 18.8. The Balaban J connectivity index is 2.23. The first-order chi connectivity index (χ1) is 12.4. The number of ether oxygens (including phenoxy) is 1. The molecule has 3 N–H and O–H groups in total. The summed E-state index contributed by atoms with van der Waals surface area (Å²) >= 11 is 3.37. The fraction of sp³-hybridized carbons (Fsp3) is 0.167. The van der Waals surface area contributed by atoms with Gasteiger partial charge in [-0.1, -0.05) is 40.7 Å². The predicted octanol–water partition coefficient (Wildman–Crippen LogP) is 2.39. The predicted molar refractivity (Wildman–Crippen MR) is 101 cm³/mol. The number of hydrogen-bond acceptors (Lipinski definition) is 5. The van der Waals surface area contributed by atoms with Crippen LogP contribution in [0.25, 0.3) is 0 Å². The molecule has 0 amide bonds. The summed E-state index contributed by atoms with van der Waals surface area (Å²) in [5, 5.41) is 2.93. The largest absolute Gasteiger partial charge is 0.458 e. The van der Waals surface area contributed by atoms with Gasteiger partial charge in [-0.15, -0.1) is 0 Å². The highest BCUT2D eigenvalue weighted by atomic mass is 79.9. The molecule has 0 fully saturated rings. The molecule has 1 aromatic carbocycles. The highest BCUT2D eigenvalue weighted by Crippen LogP contribution is 2.39. The van der Waals surface area contributed by atoms with Crippen molar-refractivity contribution < 1.29 is 9.53 Å². The topological polar surface area (TPSA) is 104 Å². The SMILES string of the molecule is C=CCOC(=O)C1=C(C)Nc2[nH]c(=O)[nH]c(=O)c2C1c1ccc(Br)cc1. The maximum absolute atomic E-state index is 12.6. The Labute approximate surface area is 156 Å². The highest BCUT2D eigenvalue weighted by molar-refractivity contribution is 9.10. The molecule has 0 radical (unpaired) electrons. The second kappa shape index (κ2) is 7.17. The maximum atomic E-state index is 12.6. The van der Waals surface area contributed by atoms with Crippen molar-refractivity contribution in [3.63, 3.8) is 0 Å². The van der Waals surface area contributed by atoms with Gasteiger partial charge < -0.3 is 10.1 Å². The smallest absolute Gasteiger partial charge is 0.337 e. The third-order valence-electron chi connectivity index (χ3n) is 4.03. The zero-order valence-electron chi connectivity index (χ0n) is 13.9. The van der Waals surface area contributed by atoms with E-state index in [4.69, 9.17) is 4.74 Å². The molecule has 0 saturated carbocycles. The molecule has 26 heavy (non-hydrogen) atoms. The van der Waals surface area contributed by atoms with E-state index in [1.807, 2.05) is 24.3 Å². The number of hydrogen-bond donors (Lipinski definition) is 3. The van der Waals surface area contributed by atoms with Crippen LogP contribution in [0.15, 0.2) is 62.3 Å². The van der Waals surface area contributed by atoms with Crippen molar-refractivity contribution in [3.8, 4) is 0 Å². The number of nitrogens with one attached hydrogen (secondary N) is 3. The van der Waals surface area contributed by atoms with Crippen molar-refractivity contribution in [1.82, 2.24) is 9.97 Å². The number of benzene rings is 1. The molecular weight excluding hydrogens is 402 g/mol. The van der Waals surface area contributed by atoms with E-state index in [-0.39, 0.29) is 18.0 Å². The lowest BCUT2D eigenvalue weighted by atomic mass is 9.82. The van der Waals surface area contributed by atoms with Crippen LogP contribution in [0.5, 0.6) is 0 Å². The first-order valence-corrected chi connectivity index (χ1v) is 8.59. The number of allylic oxidation sites excluding steroid dienone is 1. The summed E-state index contributed by atoms with van der Waals surface area (Å²) in [5.41, 5.74) is 0.591. The van der Waals surface area contributed by atoms with Gasteiger partial charge in [-0.05, 0) is 24.6 Å². The number of carbonyl (C=O) groups excluding carboxylic acids is 1. The Morgan fingerprint density at radius 3 is 2.62 bits per heavy atom. The van der Waals surface area contributed by atoms with Gasteiger partial charge in [0.05, 0.1) is 17.1 Å². The first-order valence-electron chi connectivity index (χ1n) is 7.80. The van der Waals surface area contributed by atoms with Crippen molar-refractivity contribution in [1.29, 1.82) is 0 Å². The molecule has 1 aliphatic heterocycles. The lowest BCUT2D eigenvalue weighted by Crippen LogP contribution is -2.35. The number of aromatic amines is 2. The van der Waals surface area contributed by atoms with Gasteiger partial charge in [0.25, 0.3) is 5.56 Å². The number of carbonyl (C=O) groups is 1. The van der Waals surface area contributed by atoms with Gasteiger partial charge in [0, 0.05) is 10.2 Å². The lowest BCUT2D eigenvalue weighted by molar-refractivity contribution is -0.138. The second-order valence-electron chi connectivity index (χ2n) is 5.73. The fourth-order valence-corrected chi connectivity index (χ4v) is 3.22. The Morgan fingerprint density at radius 1 is 1.27 bits per heavy atom. The third kappa shape index (κ3) is 3.28. The minimum absolute atomic E-state index is 0.0531. The van der Waals surface area contributed by atoms with E-state index in [9.17, 15) is 14.4 Å². The summed E-state index contributed by atoms with van der Waals surface area (Å²) in [5.74, 6) is -0.972. The van der Waals surface area contributed by atoms with E-state index in [0.717, 1.165) is 10.0 Å². The average Bonchev–Trinajstić information content (AvgIpc) is 2.59. The van der Waals surface area contributed by atoms with Crippen molar-refractivity contribution in [2.24, 2.45) is 0 Å². The Hall–Kier alpha value is -2.87. The molecule has 1 unspecified atom stereocenters. The van der Waals surface area contributed by atoms with E-state index >= 15 is 0 Å². The summed E-state index contributed by atoms with van der Waals surface area (Å²) in [6, 6.07) is 7.25. The molecule has 2 aromatic rings. The molecule has 7 nitrogen and oxygen atoms in total. The Morgan fingerprint density at radius 2 is 1.96 bits per heavy atom. The van der Waals surface area contributed by atoms with Crippen LogP contribution in [0.4, 0.5) is 5.82 Å². The molecule has 1 atom stereocenters. The molecule has 1 aliphatic rings. The van der Waals surface area contributed by atoms with Crippen LogP contribution in [0.3, 0.4) is 0 Å². The van der Waals surface area contributed by atoms with Gasteiger partial charge in [-0.25, -0.2) is 9.59 Å². The second-order valence-corrected chi connectivity index (χ2v) is 6.65. The van der Waals surface area contributed by atoms with Gasteiger partial charge in [-0.3, -0.25) is 14.8 Å². The van der Waals surface area contributed by atoms with Crippen LogP contribution in [0.1, 0.15) is 24.0 Å². The first kappa shape index (κ1) is 17.9. The number of rotatable bonds is 4. The van der Waals surface area contributed by atoms with Crippen LogP contribution in [-0.2, 0) is 9.53 Å².